The van der Waals surface area contributed by atoms with E-state index < -0.39 is 0 Å². The summed E-state index contributed by atoms with van der Waals surface area (Å²) in [4.78, 5) is 31.7. The number of rotatable bonds is 10. The summed E-state index contributed by atoms with van der Waals surface area (Å²) < 4.78 is 13.1. The number of benzene rings is 3. The molecule has 2 N–H and O–H groups in total. The van der Waals surface area contributed by atoms with Crippen molar-refractivity contribution in [2.45, 2.75) is 26.0 Å². The monoisotopic (exact) mass is 576 g/mol. The molecule has 2 aromatic heterocycles. The lowest BCUT2D eigenvalue weighted by Crippen LogP contribution is -2.33. The predicted octanol–water partition coefficient (Wildman–Crippen LogP) is 4.86. The molecule has 2 amide bonds. The van der Waals surface area contributed by atoms with E-state index in [2.05, 4.69) is 25.9 Å². The molecule has 10 nitrogen and oxygen atoms in total. The molecule has 0 aliphatic carbocycles. The number of nitrogens with zero attached hydrogens (tertiary/aromatic N) is 4. The lowest BCUT2D eigenvalue weighted by molar-refractivity contribution is 0.0642. The molecule has 1 aliphatic rings. The summed E-state index contributed by atoms with van der Waals surface area (Å²) in [7, 11) is 0. The largest absolute Gasteiger partial charge is 0.473 e. The molecule has 3 aromatic carbocycles. The average Bonchev–Trinajstić information content (AvgIpc) is 3.57. The molecule has 5 aromatic rings. The van der Waals surface area contributed by atoms with Gasteiger partial charge in [0.05, 0.1) is 18.4 Å². The Labute approximate surface area is 249 Å². The Morgan fingerprint density at radius 3 is 2.49 bits per heavy atom. The van der Waals surface area contributed by atoms with Crippen molar-refractivity contribution in [2.24, 2.45) is 5.92 Å². The standard InChI is InChI=1S/C33H32N6O4/c40-32(28-11-10-25(21-39-17-16-35-38-39)26-8-4-5-9-27(26)28)36-29-12-13-30(43-22-24-6-2-1-3-7-24)37-31(29)33(41)34-20-23-14-18-42-19-15-23/h1-13,16-17,23H,14-15,18-22H2,(H,34,41)(H,36,40). The molecule has 0 saturated carbocycles. The van der Waals surface area contributed by atoms with Gasteiger partial charge in [0.2, 0.25) is 5.88 Å². The van der Waals surface area contributed by atoms with Gasteiger partial charge in [-0.05, 0) is 52.8 Å². The molecule has 0 radical (unpaired) electrons. The smallest absolute Gasteiger partial charge is 0.272 e. The fourth-order valence-electron chi connectivity index (χ4n) is 5.18. The van der Waals surface area contributed by atoms with E-state index in [-0.39, 0.29) is 17.5 Å². The van der Waals surface area contributed by atoms with Gasteiger partial charge < -0.3 is 20.1 Å². The first-order valence-corrected chi connectivity index (χ1v) is 14.3. The maximum absolute atomic E-state index is 13.7. The SMILES string of the molecule is O=C(NCC1CCOCC1)c1nc(OCc2ccccc2)ccc1NC(=O)c1ccc(Cn2ccnn2)c2ccccc12. The van der Waals surface area contributed by atoms with Crippen LogP contribution in [0, 0.1) is 5.92 Å². The first-order chi connectivity index (χ1) is 21.1. The van der Waals surface area contributed by atoms with Crippen LogP contribution in [-0.2, 0) is 17.9 Å². The Bertz CT molecular complexity index is 1700. The van der Waals surface area contributed by atoms with E-state index in [9.17, 15) is 9.59 Å². The minimum Gasteiger partial charge on any atom is -0.473 e. The predicted molar refractivity (Wildman–Crippen MR) is 162 cm³/mol. The number of nitrogens with one attached hydrogen (secondary N) is 2. The van der Waals surface area contributed by atoms with Crippen molar-refractivity contribution in [1.82, 2.24) is 25.3 Å². The second-order valence-electron chi connectivity index (χ2n) is 10.5. The molecule has 1 saturated heterocycles. The first-order valence-electron chi connectivity index (χ1n) is 14.3. The van der Waals surface area contributed by atoms with Crippen LogP contribution in [0.5, 0.6) is 5.88 Å². The van der Waals surface area contributed by atoms with Crippen LogP contribution in [0.1, 0.15) is 44.8 Å². The zero-order valence-electron chi connectivity index (χ0n) is 23.6. The van der Waals surface area contributed by atoms with Crippen LogP contribution in [0.15, 0.2) is 91.3 Å². The van der Waals surface area contributed by atoms with Crippen LogP contribution in [0.3, 0.4) is 0 Å². The Kier molecular flexibility index (Phi) is 8.65. The van der Waals surface area contributed by atoms with Crippen molar-refractivity contribution in [1.29, 1.82) is 0 Å². The minimum absolute atomic E-state index is 0.0954. The summed E-state index contributed by atoms with van der Waals surface area (Å²) in [5, 5.41) is 15.6. The normalized spacial score (nSPS) is 13.5. The lowest BCUT2D eigenvalue weighted by atomic mass is 9.99. The Balaban J connectivity index is 1.25. The number of aromatic nitrogens is 4. The van der Waals surface area contributed by atoms with Gasteiger partial charge in [-0.1, -0.05) is 65.9 Å². The average molecular weight is 577 g/mol. The van der Waals surface area contributed by atoms with E-state index in [1.807, 2.05) is 60.7 Å². The number of hydrogen-bond acceptors (Lipinski definition) is 7. The highest BCUT2D eigenvalue weighted by Crippen LogP contribution is 2.26. The van der Waals surface area contributed by atoms with Crippen molar-refractivity contribution in [3.8, 4) is 5.88 Å². The van der Waals surface area contributed by atoms with Crippen molar-refractivity contribution in [3.63, 3.8) is 0 Å². The second-order valence-corrected chi connectivity index (χ2v) is 10.5. The summed E-state index contributed by atoms with van der Waals surface area (Å²) in [6, 6.07) is 24.5. The number of hydrogen-bond donors (Lipinski definition) is 2. The number of fused-ring (bicyclic) bond motifs is 1. The zero-order valence-corrected chi connectivity index (χ0v) is 23.6. The van der Waals surface area contributed by atoms with Gasteiger partial charge in [0.25, 0.3) is 11.8 Å². The number of carbonyl (C=O) groups excluding carboxylic acids is 2. The molecular formula is C33H32N6O4. The van der Waals surface area contributed by atoms with E-state index in [4.69, 9.17) is 9.47 Å². The number of carbonyl (C=O) groups is 2. The van der Waals surface area contributed by atoms with E-state index in [1.54, 1.807) is 35.3 Å². The van der Waals surface area contributed by atoms with Crippen LogP contribution >= 0.6 is 0 Å². The van der Waals surface area contributed by atoms with Crippen LogP contribution in [0.25, 0.3) is 10.8 Å². The van der Waals surface area contributed by atoms with Gasteiger partial charge in [-0.2, -0.15) is 0 Å². The number of ether oxygens (including phenoxy) is 2. The fraction of sp³-hybridized carbons (Fsp3) is 0.242. The Morgan fingerprint density at radius 2 is 1.70 bits per heavy atom. The van der Waals surface area contributed by atoms with Gasteiger partial charge in [-0.3, -0.25) is 9.59 Å². The molecule has 6 rings (SSSR count). The molecule has 0 unspecified atom stereocenters. The fourth-order valence-corrected chi connectivity index (χ4v) is 5.18. The maximum Gasteiger partial charge on any atom is 0.272 e. The van der Waals surface area contributed by atoms with Gasteiger partial charge in [0.1, 0.15) is 6.61 Å². The van der Waals surface area contributed by atoms with Crippen molar-refractivity contribution < 1.29 is 19.1 Å². The van der Waals surface area contributed by atoms with Crippen LogP contribution in [0.2, 0.25) is 0 Å². The van der Waals surface area contributed by atoms with Crippen molar-refractivity contribution in [3.05, 3.63) is 114 Å². The van der Waals surface area contributed by atoms with Gasteiger partial charge in [-0.25, -0.2) is 9.67 Å². The second kappa shape index (κ2) is 13.3. The summed E-state index contributed by atoms with van der Waals surface area (Å²) in [6.07, 6.45) is 5.20. The molecule has 1 aliphatic heterocycles. The molecule has 3 heterocycles. The Morgan fingerprint density at radius 1 is 0.907 bits per heavy atom. The van der Waals surface area contributed by atoms with E-state index >= 15 is 0 Å². The number of pyridine rings is 1. The number of anilines is 1. The lowest BCUT2D eigenvalue weighted by Gasteiger charge is -2.22. The van der Waals surface area contributed by atoms with Crippen LogP contribution in [0.4, 0.5) is 5.69 Å². The van der Waals surface area contributed by atoms with E-state index in [0.29, 0.717) is 56.0 Å². The minimum atomic E-state index is -0.375. The van der Waals surface area contributed by atoms with Gasteiger partial charge >= 0.3 is 0 Å². The molecular weight excluding hydrogens is 544 g/mol. The summed E-state index contributed by atoms with van der Waals surface area (Å²) in [5.41, 5.74) is 2.87. The van der Waals surface area contributed by atoms with E-state index in [0.717, 1.165) is 34.7 Å². The summed E-state index contributed by atoms with van der Waals surface area (Å²) >= 11 is 0. The zero-order chi connectivity index (χ0) is 29.4. The molecule has 0 spiro atoms. The summed E-state index contributed by atoms with van der Waals surface area (Å²) in [6.45, 7) is 2.71. The van der Waals surface area contributed by atoms with Crippen molar-refractivity contribution in [2.75, 3.05) is 25.1 Å². The number of amides is 2. The molecule has 43 heavy (non-hydrogen) atoms. The highest BCUT2D eigenvalue weighted by molar-refractivity contribution is 6.15. The molecule has 0 atom stereocenters. The van der Waals surface area contributed by atoms with Gasteiger partial charge in [0, 0.05) is 37.6 Å². The van der Waals surface area contributed by atoms with E-state index in [1.165, 1.54) is 0 Å². The molecule has 1 fully saturated rings. The third kappa shape index (κ3) is 6.87. The topological polar surface area (TPSA) is 120 Å². The van der Waals surface area contributed by atoms with Crippen LogP contribution < -0.4 is 15.4 Å². The molecule has 218 valence electrons. The third-order valence-corrected chi connectivity index (χ3v) is 7.52. The van der Waals surface area contributed by atoms with Gasteiger partial charge in [-0.15, -0.1) is 5.10 Å². The summed E-state index contributed by atoms with van der Waals surface area (Å²) in [5.74, 6) is -0.0987. The van der Waals surface area contributed by atoms with Crippen molar-refractivity contribution >= 4 is 28.3 Å². The van der Waals surface area contributed by atoms with Crippen LogP contribution in [-0.4, -0.2) is 51.6 Å². The highest BCUT2D eigenvalue weighted by Gasteiger charge is 2.21. The Hall–Kier alpha value is -5.09. The van der Waals surface area contributed by atoms with Gasteiger partial charge in [0.15, 0.2) is 5.69 Å². The quantitative estimate of drug-likeness (QED) is 0.244. The molecule has 0 bridgehead atoms. The third-order valence-electron chi connectivity index (χ3n) is 7.52. The highest BCUT2D eigenvalue weighted by atomic mass is 16.5. The molecule has 10 heteroatoms. The first kappa shape index (κ1) is 28.0. The maximum atomic E-state index is 13.7.